The second-order valence-corrected chi connectivity index (χ2v) is 4.04. The fourth-order valence-corrected chi connectivity index (χ4v) is 2.30. The number of nitrogens with two attached hydrogens (primary N) is 1. The third-order valence-corrected chi connectivity index (χ3v) is 2.89. The molecule has 1 spiro atoms. The van der Waals surface area contributed by atoms with Gasteiger partial charge in [0.25, 0.3) is 0 Å². The summed E-state index contributed by atoms with van der Waals surface area (Å²) in [5, 5.41) is 0. The van der Waals surface area contributed by atoms with Crippen LogP contribution in [0, 0.1) is 5.41 Å². The Hall–Kier alpha value is -0.570. The van der Waals surface area contributed by atoms with Crippen LogP contribution < -0.4 is 5.73 Å². The van der Waals surface area contributed by atoms with Crippen LogP contribution in [0.4, 0.5) is 0 Å². The van der Waals surface area contributed by atoms with Gasteiger partial charge in [0.1, 0.15) is 0 Å². The predicted molar refractivity (Wildman–Crippen MR) is 41.9 cm³/mol. The standard InChI is InChI=1S/C8H14N2O/c1-6(11)10-4-8(5-10)2-7(9)3-8/h7H,2-5,9H2,1H3. The predicted octanol–water partition coefficient (Wildman–Crippen LogP) is -0.0440. The van der Waals surface area contributed by atoms with Crippen molar-refractivity contribution in [3.8, 4) is 0 Å². The fraction of sp³-hybridized carbons (Fsp3) is 0.875. The highest BCUT2D eigenvalue weighted by Crippen LogP contribution is 2.47. The quantitative estimate of drug-likeness (QED) is 0.532. The molecule has 2 aliphatic rings. The van der Waals surface area contributed by atoms with Gasteiger partial charge in [-0.15, -0.1) is 0 Å². The number of amides is 1. The van der Waals surface area contributed by atoms with E-state index in [2.05, 4.69) is 0 Å². The minimum atomic E-state index is 0.205. The van der Waals surface area contributed by atoms with E-state index in [1.807, 2.05) is 4.90 Å². The van der Waals surface area contributed by atoms with Crippen molar-refractivity contribution in [2.24, 2.45) is 11.1 Å². The molecule has 0 aromatic carbocycles. The molecule has 2 rings (SSSR count). The average Bonchev–Trinajstić information content (AvgIpc) is 1.73. The van der Waals surface area contributed by atoms with E-state index in [1.165, 1.54) is 0 Å². The SMILES string of the molecule is CC(=O)N1CC2(CC(N)C2)C1. The Morgan fingerprint density at radius 1 is 1.55 bits per heavy atom. The molecule has 11 heavy (non-hydrogen) atoms. The van der Waals surface area contributed by atoms with Gasteiger partial charge in [0.15, 0.2) is 0 Å². The highest BCUT2D eigenvalue weighted by atomic mass is 16.2. The van der Waals surface area contributed by atoms with E-state index in [9.17, 15) is 4.79 Å². The molecule has 1 aliphatic heterocycles. The van der Waals surface area contributed by atoms with Gasteiger partial charge in [0, 0.05) is 31.5 Å². The summed E-state index contributed by atoms with van der Waals surface area (Å²) in [6.07, 6.45) is 2.24. The van der Waals surface area contributed by atoms with Crippen LogP contribution in [-0.4, -0.2) is 29.9 Å². The molecule has 3 heteroatoms. The lowest BCUT2D eigenvalue weighted by molar-refractivity contribution is -0.148. The molecular formula is C8H14N2O. The Kier molecular flexibility index (Phi) is 1.27. The van der Waals surface area contributed by atoms with Crippen LogP contribution in [0.2, 0.25) is 0 Å². The Balaban J connectivity index is 1.84. The maximum atomic E-state index is 10.8. The number of carbonyl (C=O) groups is 1. The molecule has 0 unspecified atom stereocenters. The second kappa shape index (κ2) is 1.97. The molecule has 0 aromatic heterocycles. The molecule has 2 N–H and O–H groups in total. The van der Waals surface area contributed by atoms with Gasteiger partial charge in [0.2, 0.25) is 5.91 Å². The van der Waals surface area contributed by atoms with Crippen LogP contribution in [0.1, 0.15) is 19.8 Å². The van der Waals surface area contributed by atoms with Gasteiger partial charge in [-0.25, -0.2) is 0 Å². The summed E-state index contributed by atoms with van der Waals surface area (Å²) in [6.45, 7) is 3.54. The second-order valence-electron chi connectivity index (χ2n) is 4.04. The number of carbonyl (C=O) groups excluding carboxylic acids is 1. The van der Waals surface area contributed by atoms with Crippen LogP contribution in [-0.2, 0) is 4.79 Å². The molecule has 0 radical (unpaired) electrons. The van der Waals surface area contributed by atoms with Gasteiger partial charge in [-0.3, -0.25) is 4.79 Å². The minimum Gasteiger partial charge on any atom is -0.342 e. The van der Waals surface area contributed by atoms with Crippen molar-refractivity contribution in [1.82, 2.24) is 4.90 Å². The van der Waals surface area contributed by atoms with Crippen molar-refractivity contribution in [3.05, 3.63) is 0 Å². The summed E-state index contributed by atoms with van der Waals surface area (Å²) in [5.74, 6) is 0.205. The van der Waals surface area contributed by atoms with Crippen LogP contribution in [0.25, 0.3) is 0 Å². The molecule has 1 heterocycles. The molecule has 62 valence electrons. The normalized spacial score (nSPS) is 28.0. The highest BCUT2D eigenvalue weighted by Gasteiger charge is 2.51. The lowest BCUT2D eigenvalue weighted by Gasteiger charge is -2.58. The largest absolute Gasteiger partial charge is 0.342 e. The van der Waals surface area contributed by atoms with Crippen molar-refractivity contribution in [2.45, 2.75) is 25.8 Å². The topological polar surface area (TPSA) is 46.3 Å². The monoisotopic (exact) mass is 154 g/mol. The van der Waals surface area contributed by atoms with Crippen molar-refractivity contribution in [2.75, 3.05) is 13.1 Å². The van der Waals surface area contributed by atoms with Crippen LogP contribution in [0.3, 0.4) is 0 Å². The lowest BCUT2D eigenvalue weighted by Crippen LogP contribution is -2.66. The summed E-state index contributed by atoms with van der Waals surface area (Å²) in [6, 6.07) is 0.407. The van der Waals surface area contributed by atoms with E-state index in [0.29, 0.717) is 11.5 Å². The van der Waals surface area contributed by atoms with Gasteiger partial charge < -0.3 is 10.6 Å². The molecule has 1 amide bonds. The van der Waals surface area contributed by atoms with E-state index < -0.39 is 0 Å². The van der Waals surface area contributed by atoms with Gasteiger partial charge in [0.05, 0.1) is 0 Å². The highest BCUT2D eigenvalue weighted by molar-refractivity contribution is 5.74. The Bertz CT molecular complexity index is 188. The third-order valence-electron chi connectivity index (χ3n) is 2.89. The zero-order valence-electron chi connectivity index (χ0n) is 6.84. The van der Waals surface area contributed by atoms with Gasteiger partial charge in [-0.1, -0.05) is 0 Å². The number of nitrogens with zero attached hydrogens (tertiary/aromatic N) is 1. The Morgan fingerprint density at radius 3 is 2.45 bits per heavy atom. The lowest BCUT2D eigenvalue weighted by atomic mass is 9.61. The smallest absolute Gasteiger partial charge is 0.219 e. The summed E-state index contributed by atoms with van der Waals surface area (Å²) >= 11 is 0. The molecule has 2 fully saturated rings. The van der Waals surface area contributed by atoms with Gasteiger partial charge in [-0.2, -0.15) is 0 Å². The van der Waals surface area contributed by atoms with Crippen LogP contribution in [0.15, 0.2) is 0 Å². The summed E-state index contributed by atoms with van der Waals surface area (Å²) in [7, 11) is 0. The summed E-state index contributed by atoms with van der Waals surface area (Å²) < 4.78 is 0. The summed E-state index contributed by atoms with van der Waals surface area (Å²) in [5.41, 5.74) is 6.13. The van der Waals surface area contributed by atoms with E-state index in [0.717, 1.165) is 25.9 Å². The zero-order valence-corrected chi connectivity index (χ0v) is 6.84. The Morgan fingerprint density at radius 2 is 2.09 bits per heavy atom. The van der Waals surface area contributed by atoms with E-state index >= 15 is 0 Å². The average molecular weight is 154 g/mol. The summed E-state index contributed by atoms with van der Waals surface area (Å²) in [4.78, 5) is 12.7. The van der Waals surface area contributed by atoms with Crippen molar-refractivity contribution in [3.63, 3.8) is 0 Å². The number of hydrogen-bond acceptors (Lipinski definition) is 2. The molecule has 1 saturated heterocycles. The van der Waals surface area contributed by atoms with Crippen molar-refractivity contribution in [1.29, 1.82) is 0 Å². The molecule has 0 atom stereocenters. The van der Waals surface area contributed by atoms with Crippen LogP contribution in [0.5, 0.6) is 0 Å². The maximum absolute atomic E-state index is 10.8. The van der Waals surface area contributed by atoms with Crippen molar-refractivity contribution >= 4 is 5.91 Å². The molecule has 3 nitrogen and oxygen atoms in total. The van der Waals surface area contributed by atoms with E-state index in [-0.39, 0.29) is 5.91 Å². The molecule has 0 aromatic rings. The first-order valence-electron chi connectivity index (χ1n) is 4.12. The number of rotatable bonds is 0. The van der Waals surface area contributed by atoms with E-state index in [4.69, 9.17) is 5.73 Å². The first kappa shape index (κ1) is 7.10. The van der Waals surface area contributed by atoms with E-state index in [1.54, 1.807) is 6.92 Å². The molecule has 0 bridgehead atoms. The molecular weight excluding hydrogens is 140 g/mol. The van der Waals surface area contributed by atoms with Crippen LogP contribution >= 0.6 is 0 Å². The first-order chi connectivity index (χ1) is 5.11. The number of hydrogen-bond donors (Lipinski definition) is 1. The Labute approximate surface area is 66.5 Å². The fourth-order valence-electron chi connectivity index (χ4n) is 2.30. The third kappa shape index (κ3) is 0.948. The minimum absolute atomic E-state index is 0.205. The van der Waals surface area contributed by atoms with Gasteiger partial charge in [-0.05, 0) is 12.8 Å². The molecule has 1 aliphatic carbocycles. The zero-order chi connectivity index (χ0) is 8.06. The first-order valence-corrected chi connectivity index (χ1v) is 4.12. The number of likely N-dealkylation sites (tertiary alicyclic amines) is 1. The maximum Gasteiger partial charge on any atom is 0.219 e. The molecule has 1 saturated carbocycles. The van der Waals surface area contributed by atoms with Gasteiger partial charge >= 0.3 is 0 Å². The van der Waals surface area contributed by atoms with Crippen molar-refractivity contribution < 1.29 is 4.79 Å².